The van der Waals surface area contributed by atoms with E-state index in [1.54, 1.807) is 6.92 Å². The van der Waals surface area contributed by atoms with Gasteiger partial charge in [-0.1, -0.05) is 0 Å². The number of hydrogen-bond acceptors (Lipinski definition) is 3. The molecule has 3 N–H and O–H groups in total. The second kappa shape index (κ2) is 5.12. The summed E-state index contributed by atoms with van der Waals surface area (Å²) in [4.78, 5) is 15.9. The number of rotatable bonds is 3. The lowest BCUT2D eigenvalue weighted by atomic mass is 10.2. The normalized spacial score (nSPS) is 11.8. The van der Waals surface area contributed by atoms with Crippen molar-refractivity contribution in [3.05, 3.63) is 35.3 Å². The fourth-order valence-electron chi connectivity index (χ4n) is 1.88. The van der Waals surface area contributed by atoms with Crippen LogP contribution < -0.4 is 11.1 Å². The van der Waals surface area contributed by atoms with Crippen LogP contribution in [0.1, 0.15) is 21.7 Å². The molecule has 5 nitrogen and oxygen atoms in total. The van der Waals surface area contributed by atoms with Crippen molar-refractivity contribution in [2.45, 2.75) is 13.1 Å². The van der Waals surface area contributed by atoms with E-state index in [-0.39, 0.29) is 24.4 Å². The van der Waals surface area contributed by atoms with E-state index in [0.29, 0.717) is 5.69 Å². The highest BCUT2D eigenvalue weighted by Gasteiger charge is 2.31. The number of pyridine rings is 1. The number of carbonyl (C=O) groups excluding carboxylic acids is 1. The zero-order valence-corrected chi connectivity index (χ0v) is 10.7. The van der Waals surface area contributed by atoms with Gasteiger partial charge in [0, 0.05) is 19.3 Å². The van der Waals surface area contributed by atoms with E-state index in [0.717, 1.165) is 12.1 Å². The molecule has 0 saturated carbocycles. The topological polar surface area (TPSA) is 72.4 Å². The van der Waals surface area contributed by atoms with Crippen LogP contribution in [-0.4, -0.2) is 28.4 Å². The maximum absolute atomic E-state index is 12.6. The minimum Gasteiger partial charge on any atom is -0.349 e. The first kappa shape index (κ1) is 14.3. The van der Waals surface area contributed by atoms with Crippen molar-refractivity contribution in [1.29, 1.82) is 0 Å². The highest BCUT2D eigenvalue weighted by molar-refractivity contribution is 5.94. The van der Waals surface area contributed by atoms with Gasteiger partial charge in [-0.3, -0.25) is 9.20 Å². The second-order valence-electron chi connectivity index (χ2n) is 4.23. The largest absolute Gasteiger partial charge is 0.416 e. The summed E-state index contributed by atoms with van der Waals surface area (Å²) in [7, 11) is 0. The first-order chi connectivity index (χ1) is 9.34. The van der Waals surface area contributed by atoms with Crippen LogP contribution in [0.5, 0.6) is 0 Å². The average Bonchev–Trinajstić information content (AvgIpc) is 2.69. The van der Waals surface area contributed by atoms with E-state index >= 15 is 0 Å². The number of nitrogens with two attached hydrogens (primary N) is 1. The van der Waals surface area contributed by atoms with Crippen molar-refractivity contribution < 1.29 is 18.0 Å². The molecule has 2 rings (SSSR count). The third-order valence-electron chi connectivity index (χ3n) is 2.77. The molecular formula is C12H13F3N4O. The van der Waals surface area contributed by atoms with Gasteiger partial charge in [0.05, 0.1) is 11.3 Å². The number of nitrogens with one attached hydrogen (secondary N) is 1. The summed E-state index contributed by atoms with van der Waals surface area (Å²) in [5.41, 5.74) is 5.13. The van der Waals surface area contributed by atoms with Gasteiger partial charge in [0.15, 0.2) is 0 Å². The van der Waals surface area contributed by atoms with E-state index in [2.05, 4.69) is 10.3 Å². The van der Waals surface area contributed by atoms with Crippen molar-refractivity contribution >= 4 is 11.6 Å². The number of nitrogens with zero attached hydrogens (tertiary/aromatic N) is 2. The number of carbonyl (C=O) groups is 1. The van der Waals surface area contributed by atoms with Crippen LogP contribution in [0.3, 0.4) is 0 Å². The summed E-state index contributed by atoms with van der Waals surface area (Å²) in [6.45, 7) is 2.13. The summed E-state index contributed by atoms with van der Waals surface area (Å²) in [6.07, 6.45) is -3.25. The summed E-state index contributed by atoms with van der Waals surface area (Å²) in [5.74, 6) is -0.416. The van der Waals surface area contributed by atoms with Crippen LogP contribution in [0.25, 0.3) is 5.65 Å². The smallest absolute Gasteiger partial charge is 0.349 e. The van der Waals surface area contributed by atoms with Crippen LogP contribution >= 0.6 is 0 Å². The quantitative estimate of drug-likeness (QED) is 0.894. The van der Waals surface area contributed by atoms with Crippen LogP contribution in [0.15, 0.2) is 18.3 Å². The Kier molecular flexibility index (Phi) is 3.67. The average molecular weight is 286 g/mol. The molecule has 0 atom stereocenters. The van der Waals surface area contributed by atoms with Gasteiger partial charge in [-0.2, -0.15) is 13.2 Å². The molecule has 8 heteroatoms. The fourth-order valence-corrected chi connectivity index (χ4v) is 1.88. The van der Waals surface area contributed by atoms with E-state index in [4.69, 9.17) is 5.73 Å². The molecule has 1 amide bonds. The van der Waals surface area contributed by atoms with Crippen molar-refractivity contribution in [1.82, 2.24) is 14.7 Å². The van der Waals surface area contributed by atoms with E-state index in [9.17, 15) is 18.0 Å². The zero-order valence-electron chi connectivity index (χ0n) is 10.7. The Morgan fingerprint density at radius 3 is 2.80 bits per heavy atom. The van der Waals surface area contributed by atoms with Crippen molar-refractivity contribution in [2.24, 2.45) is 5.73 Å². The molecule has 0 bridgehead atoms. The van der Waals surface area contributed by atoms with Gasteiger partial charge in [0.2, 0.25) is 0 Å². The number of aryl methyl sites for hydroxylation is 1. The van der Waals surface area contributed by atoms with Gasteiger partial charge < -0.3 is 11.1 Å². The molecule has 2 aromatic rings. The molecule has 0 unspecified atom stereocenters. The molecule has 0 aliphatic carbocycles. The zero-order chi connectivity index (χ0) is 14.9. The number of imidazole rings is 1. The molecule has 2 heterocycles. The van der Waals surface area contributed by atoms with E-state index in [1.807, 2.05) is 0 Å². The van der Waals surface area contributed by atoms with Gasteiger partial charge in [-0.05, 0) is 19.1 Å². The van der Waals surface area contributed by atoms with Crippen LogP contribution in [0.2, 0.25) is 0 Å². The highest BCUT2D eigenvalue weighted by Crippen LogP contribution is 2.30. The van der Waals surface area contributed by atoms with Crippen molar-refractivity contribution in [3.8, 4) is 0 Å². The lowest BCUT2D eigenvalue weighted by Crippen LogP contribution is -2.30. The number of aromatic nitrogens is 2. The van der Waals surface area contributed by atoms with E-state index < -0.39 is 17.6 Å². The third-order valence-corrected chi connectivity index (χ3v) is 2.77. The Labute approximate surface area is 112 Å². The molecular weight excluding hydrogens is 273 g/mol. The minimum absolute atomic E-state index is 0.0789. The monoisotopic (exact) mass is 286 g/mol. The molecule has 0 radical (unpaired) electrons. The molecule has 0 aromatic carbocycles. The van der Waals surface area contributed by atoms with Crippen LogP contribution in [0, 0.1) is 6.92 Å². The Bertz CT molecular complexity index is 648. The predicted octanol–water partition coefficient (Wildman–Crippen LogP) is 1.35. The third kappa shape index (κ3) is 2.60. The van der Waals surface area contributed by atoms with Gasteiger partial charge in [0.25, 0.3) is 5.91 Å². The number of amides is 1. The molecule has 2 aromatic heterocycles. The minimum atomic E-state index is -4.44. The maximum Gasteiger partial charge on any atom is 0.416 e. The van der Waals surface area contributed by atoms with Crippen molar-refractivity contribution in [3.63, 3.8) is 0 Å². The van der Waals surface area contributed by atoms with Gasteiger partial charge in [-0.25, -0.2) is 4.98 Å². The Morgan fingerprint density at radius 1 is 1.50 bits per heavy atom. The molecule has 20 heavy (non-hydrogen) atoms. The molecule has 0 fully saturated rings. The highest BCUT2D eigenvalue weighted by atomic mass is 19.4. The van der Waals surface area contributed by atoms with Crippen molar-refractivity contribution in [2.75, 3.05) is 13.1 Å². The maximum atomic E-state index is 12.6. The molecule has 0 spiro atoms. The number of alkyl halides is 3. The SMILES string of the molecule is Cc1nc2cc(C(F)(F)F)ccn2c1C(=O)NCCN. The van der Waals surface area contributed by atoms with Gasteiger partial charge in [0.1, 0.15) is 11.3 Å². The van der Waals surface area contributed by atoms with Crippen LogP contribution in [-0.2, 0) is 6.18 Å². The number of fused-ring (bicyclic) bond motifs is 1. The summed E-state index contributed by atoms with van der Waals surface area (Å²) < 4.78 is 39.2. The standard InChI is InChI=1S/C12H13F3N4O/c1-7-10(11(20)17-4-3-16)19-5-2-8(12(13,14)15)6-9(19)18-7/h2,5-6H,3-4,16H2,1H3,(H,17,20). The molecule has 0 aliphatic heterocycles. The Balaban J connectivity index is 2.47. The molecule has 0 saturated heterocycles. The fraction of sp³-hybridized carbons (Fsp3) is 0.333. The lowest BCUT2D eigenvalue weighted by Gasteiger charge is -2.07. The number of halogens is 3. The van der Waals surface area contributed by atoms with Gasteiger partial charge >= 0.3 is 6.18 Å². The Morgan fingerprint density at radius 2 is 2.20 bits per heavy atom. The second-order valence-corrected chi connectivity index (χ2v) is 4.23. The van der Waals surface area contributed by atoms with E-state index in [1.165, 1.54) is 10.6 Å². The van der Waals surface area contributed by atoms with Gasteiger partial charge in [-0.15, -0.1) is 0 Å². The van der Waals surface area contributed by atoms with Crippen LogP contribution in [0.4, 0.5) is 13.2 Å². The summed E-state index contributed by atoms with van der Waals surface area (Å²) in [6, 6.07) is 1.82. The predicted molar refractivity (Wildman–Crippen MR) is 66.3 cm³/mol. The summed E-state index contributed by atoms with van der Waals surface area (Å²) in [5, 5.41) is 2.57. The first-order valence-electron chi connectivity index (χ1n) is 5.88. The summed E-state index contributed by atoms with van der Waals surface area (Å²) >= 11 is 0. The molecule has 108 valence electrons. The number of hydrogen-bond donors (Lipinski definition) is 2. The Hall–Kier alpha value is -2.09. The molecule has 0 aliphatic rings. The first-order valence-corrected chi connectivity index (χ1v) is 5.88. The lowest BCUT2D eigenvalue weighted by molar-refractivity contribution is -0.137.